The molecule has 0 bridgehead atoms. The van der Waals surface area contributed by atoms with Crippen LogP contribution in [0.2, 0.25) is 5.02 Å². The van der Waals surface area contributed by atoms with E-state index in [0.29, 0.717) is 16.4 Å². The van der Waals surface area contributed by atoms with Gasteiger partial charge in [0.15, 0.2) is 0 Å². The molecule has 1 aromatic rings. The minimum absolute atomic E-state index is 0.0191. The number of hydrogen-bond acceptors (Lipinski definition) is 2. The van der Waals surface area contributed by atoms with Crippen molar-refractivity contribution in [2.24, 2.45) is 0 Å². The highest BCUT2D eigenvalue weighted by Crippen LogP contribution is 2.28. The summed E-state index contributed by atoms with van der Waals surface area (Å²) in [5, 5.41) is 0.504. The van der Waals surface area contributed by atoms with E-state index in [0.717, 1.165) is 0 Å². The van der Waals surface area contributed by atoms with Gasteiger partial charge in [0.25, 0.3) is 0 Å². The molecule has 5 heteroatoms. The summed E-state index contributed by atoms with van der Waals surface area (Å²) in [6.45, 7) is 3.71. The summed E-state index contributed by atoms with van der Waals surface area (Å²) in [5.74, 6) is 0. The lowest BCUT2D eigenvalue weighted by Gasteiger charge is -2.12. The van der Waals surface area contributed by atoms with E-state index in [1.165, 1.54) is 0 Å². The number of halogens is 1. The van der Waals surface area contributed by atoms with E-state index in [-0.39, 0.29) is 5.25 Å². The largest absolute Gasteiger partial charge is 0.397 e. The predicted octanol–water partition coefficient (Wildman–Crippen LogP) is 2.41. The molecule has 0 aromatic heterocycles. The van der Waals surface area contributed by atoms with E-state index < -0.39 is 11.0 Å². The van der Waals surface area contributed by atoms with E-state index in [9.17, 15) is 4.21 Å². The van der Waals surface area contributed by atoms with Crippen molar-refractivity contribution < 1.29 is 4.21 Å². The zero-order valence-corrected chi connectivity index (χ0v) is 9.65. The number of nitrogen functional groups attached to an aromatic ring is 1. The van der Waals surface area contributed by atoms with Gasteiger partial charge in [-0.2, -0.15) is 0 Å². The molecule has 0 aliphatic carbocycles. The van der Waals surface area contributed by atoms with Crippen LogP contribution in [0.1, 0.15) is 13.8 Å². The first-order chi connectivity index (χ1) is 6.52. The SMILES string of the molecule is CC(C)S(=O)Nc1c(N)cccc1Cl. The van der Waals surface area contributed by atoms with Crippen LogP contribution in [-0.4, -0.2) is 9.46 Å². The third-order valence-electron chi connectivity index (χ3n) is 1.68. The Balaban J connectivity index is 2.91. The first kappa shape index (κ1) is 11.3. The van der Waals surface area contributed by atoms with Crippen LogP contribution in [0.5, 0.6) is 0 Å². The maximum Gasteiger partial charge on any atom is 0.119 e. The van der Waals surface area contributed by atoms with Crippen LogP contribution in [0, 0.1) is 0 Å². The van der Waals surface area contributed by atoms with Crippen LogP contribution in [0.3, 0.4) is 0 Å². The average Bonchev–Trinajstić information content (AvgIpc) is 2.11. The van der Waals surface area contributed by atoms with Gasteiger partial charge in [-0.15, -0.1) is 0 Å². The van der Waals surface area contributed by atoms with E-state index >= 15 is 0 Å². The lowest BCUT2D eigenvalue weighted by atomic mass is 10.3. The molecule has 0 aliphatic heterocycles. The molecule has 0 heterocycles. The van der Waals surface area contributed by atoms with Crippen molar-refractivity contribution in [1.82, 2.24) is 0 Å². The van der Waals surface area contributed by atoms with Gasteiger partial charge in [-0.25, -0.2) is 4.21 Å². The molecule has 0 spiro atoms. The Labute approximate surface area is 91.2 Å². The number of nitrogens with one attached hydrogen (secondary N) is 1. The van der Waals surface area contributed by atoms with Gasteiger partial charge in [0.1, 0.15) is 11.0 Å². The summed E-state index contributed by atoms with van der Waals surface area (Å²) in [4.78, 5) is 0. The van der Waals surface area contributed by atoms with Crippen LogP contribution in [0.25, 0.3) is 0 Å². The van der Waals surface area contributed by atoms with Crippen molar-refractivity contribution in [2.45, 2.75) is 19.1 Å². The minimum Gasteiger partial charge on any atom is -0.397 e. The van der Waals surface area contributed by atoms with Crippen molar-refractivity contribution >= 4 is 34.0 Å². The summed E-state index contributed by atoms with van der Waals surface area (Å²) in [7, 11) is -1.16. The van der Waals surface area contributed by atoms with E-state index in [2.05, 4.69) is 4.72 Å². The molecule has 1 rings (SSSR count). The van der Waals surface area contributed by atoms with Crippen molar-refractivity contribution in [3.63, 3.8) is 0 Å². The summed E-state index contributed by atoms with van der Waals surface area (Å²) in [5.41, 5.74) is 6.74. The Morgan fingerprint density at radius 2 is 2.14 bits per heavy atom. The number of hydrogen-bond donors (Lipinski definition) is 2. The predicted molar refractivity (Wildman–Crippen MR) is 62.8 cm³/mol. The summed E-state index contributed by atoms with van der Waals surface area (Å²) >= 11 is 5.90. The van der Waals surface area contributed by atoms with Gasteiger partial charge in [0.05, 0.1) is 16.4 Å². The molecule has 0 fully saturated rings. The van der Waals surface area contributed by atoms with Crippen molar-refractivity contribution in [1.29, 1.82) is 0 Å². The fourth-order valence-electron chi connectivity index (χ4n) is 0.867. The van der Waals surface area contributed by atoms with Gasteiger partial charge in [0, 0.05) is 5.25 Å². The molecule has 3 nitrogen and oxygen atoms in total. The van der Waals surface area contributed by atoms with Crippen LogP contribution in [0.15, 0.2) is 18.2 Å². The summed E-state index contributed by atoms with van der Waals surface area (Å²) < 4.78 is 14.3. The maximum atomic E-state index is 11.5. The second-order valence-corrected chi connectivity index (χ2v) is 5.30. The normalized spacial score (nSPS) is 12.9. The Hall–Kier alpha value is -0.740. The summed E-state index contributed by atoms with van der Waals surface area (Å²) in [6, 6.07) is 5.17. The van der Waals surface area contributed by atoms with Gasteiger partial charge in [0.2, 0.25) is 0 Å². The lowest BCUT2D eigenvalue weighted by molar-refractivity contribution is 0.680. The number of anilines is 2. The third kappa shape index (κ3) is 2.62. The highest BCUT2D eigenvalue weighted by Gasteiger charge is 2.09. The van der Waals surface area contributed by atoms with E-state index in [4.69, 9.17) is 17.3 Å². The number of para-hydroxylation sites is 1. The highest BCUT2D eigenvalue weighted by atomic mass is 35.5. The monoisotopic (exact) mass is 232 g/mol. The molecule has 78 valence electrons. The number of nitrogens with two attached hydrogens (primary N) is 1. The molecule has 0 aliphatic rings. The smallest absolute Gasteiger partial charge is 0.119 e. The highest BCUT2D eigenvalue weighted by molar-refractivity contribution is 7.87. The Morgan fingerprint density at radius 3 is 2.64 bits per heavy atom. The fraction of sp³-hybridized carbons (Fsp3) is 0.333. The van der Waals surface area contributed by atoms with Crippen molar-refractivity contribution in [3.05, 3.63) is 23.2 Å². The summed E-state index contributed by atoms with van der Waals surface area (Å²) in [6.07, 6.45) is 0. The van der Waals surface area contributed by atoms with Crippen LogP contribution >= 0.6 is 11.6 Å². The van der Waals surface area contributed by atoms with Crippen molar-refractivity contribution in [2.75, 3.05) is 10.5 Å². The van der Waals surface area contributed by atoms with Crippen LogP contribution in [-0.2, 0) is 11.0 Å². The topological polar surface area (TPSA) is 55.1 Å². The quantitative estimate of drug-likeness (QED) is 0.787. The van der Waals surface area contributed by atoms with E-state index in [1.54, 1.807) is 18.2 Å². The Bertz CT molecular complexity index is 334. The van der Waals surface area contributed by atoms with E-state index in [1.807, 2.05) is 13.8 Å². The van der Waals surface area contributed by atoms with Gasteiger partial charge >= 0.3 is 0 Å². The molecular weight excluding hydrogens is 220 g/mol. The lowest BCUT2D eigenvalue weighted by Crippen LogP contribution is -2.15. The Kier molecular flexibility index (Phi) is 3.77. The minimum atomic E-state index is -1.16. The fourth-order valence-corrected chi connectivity index (χ4v) is 1.82. The van der Waals surface area contributed by atoms with Gasteiger partial charge < -0.3 is 10.5 Å². The number of rotatable bonds is 3. The third-order valence-corrected chi connectivity index (χ3v) is 3.25. The van der Waals surface area contributed by atoms with Gasteiger partial charge in [-0.05, 0) is 26.0 Å². The zero-order valence-electron chi connectivity index (χ0n) is 8.08. The maximum absolute atomic E-state index is 11.5. The van der Waals surface area contributed by atoms with Gasteiger partial charge in [-0.3, -0.25) is 0 Å². The van der Waals surface area contributed by atoms with Crippen LogP contribution < -0.4 is 10.5 Å². The molecule has 0 saturated heterocycles. The second-order valence-electron chi connectivity index (χ2n) is 3.15. The zero-order chi connectivity index (χ0) is 10.7. The first-order valence-electron chi connectivity index (χ1n) is 4.23. The molecule has 0 amide bonds. The Morgan fingerprint density at radius 1 is 1.50 bits per heavy atom. The molecule has 1 aromatic carbocycles. The molecule has 0 radical (unpaired) electrons. The molecule has 1 atom stereocenters. The first-order valence-corrected chi connectivity index (χ1v) is 5.82. The molecule has 1 unspecified atom stereocenters. The molecule has 3 N–H and O–H groups in total. The molecule has 14 heavy (non-hydrogen) atoms. The standard InChI is InChI=1S/C9H13ClN2OS/c1-6(2)14(13)12-9-7(10)4-3-5-8(9)11/h3-6,12H,11H2,1-2H3. The second kappa shape index (κ2) is 4.66. The molecule has 0 saturated carbocycles. The van der Waals surface area contributed by atoms with Crippen LogP contribution in [0.4, 0.5) is 11.4 Å². The van der Waals surface area contributed by atoms with Gasteiger partial charge in [-0.1, -0.05) is 17.7 Å². The van der Waals surface area contributed by atoms with Crippen molar-refractivity contribution in [3.8, 4) is 0 Å². The molecular formula is C9H13ClN2OS. The average molecular weight is 233 g/mol. The number of benzene rings is 1.